The SMILES string of the molecule is CC1=C(C(=O)Nc2ccc(C)cc2C)C(c2cccs2)n2nc(SCc3ccc(Cl)cc3)nc2N1. The number of hydrogen-bond acceptors (Lipinski definition) is 6. The number of fused-ring (bicyclic) bond motifs is 1. The molecule has 2 N–H and O–H groups in total. The van der Waals surface area contributed by atoms with E-state index in [1.54, 1.807) is 23.1 Å². The van der Waals surface area contributed by atoms with Crippen LogP contribution in [0.1, 0.15) is 34.5 Å². The largest absolute Gasteiger partial charge is 0.328 e. The van der Waals surface area contributed by atoms with E-state index in [2.05, 4.69) is 16.7 Å². The van der Waals surface area contributed by atoms with Crippen molar-refractivity contribution in [3.05, 3.63) is 97.8 Å². The molecule has 1 atom stereocenters. The molecule has 2 aromatic heterocycles. The zero-order valence-corrected chi connectivity index (χ0v) is 21.9. The van der Waals surface area contributed by atoms with Crippen LogP contribution < -0.4 is 10.6 Å². The number of nitrogens with zero attached hydrogens (tertiary/aromatic N) is 3. The number of thiophene rings is 1. The highest BCUT2D eigenvalue weighted by atomic mass is 35.5. The first kappa shape index (κ1) is 23.7. The summed E-state index contributed by atoms with van der Waals surface area (Å²) in [6, 6.07) is 17.4. The molecule has 0 spiro atoms. The maximum Gasteiger partial charge on any atom is 0.255 e. The lowest BCUT2D eigenvalue weighted by Crippen LogP contribution is -2.31. The standard InChI is InChI=1S/C26H24ClN5OS2/c1-15-6-11-20(16(2)13-15)29-24(33)22-17(3)28-25-30-26(35-14-18-7-9-19(27)10-8-18)31-32(25)23(22)21-5-4-12-34-21/h4-13,23H,14H2,1-3H3,(H,29,33)(H,28,30,31). The van der Waals surface area contributed by atoms with Crippen LogP contribution in [0.15, 0.2) is 76.4 Å². The van der Waals surface area contributed by atoms with Crippen molar-refractivity contribution in [2.75, 3.05) is 10.6 Å². The Hall–Kier alpha value is -3.07. The molecule has 0 radical (unpaired) electrons. The number of carbonyl (C=O) groups excluding carboxylic acids is 1. The molecule has 1 aliphatic rings. The van der Waals surface area contributed by atoms with Gasteiger partial charge >= 0.3 is 0 Å². The Labute approximate surface area is 217 Å². The molecule has 178 valence electrons. The molecule has 0 aliphatic carbocycles. The van der Waals surface area contributed by atoms with E-state index in [1.165, 1.54) is 0 Å². The van der Waals surface area contributed by atoms with Crippen LogP contribution in [-0.4, -0.2) is 20.7 Å². The number of aryl methyl sites for hydroxylation is 2. The maximum absolute atomic E-state index is 13.6. The van der Waals surface area contributed by atoms with Gasteiger partial charge < -0.3 is 10.6 Å². The molecule has 9 heteroatoms. The second kappa shape index (κ2) is 9.89. The summed E-state index contributed by atoms with van der Waals surface area (Å²) in [5, 5.41) is 14.6. The number of allylic oxidation sites excluding steroid dienone is 1. The van der Waals surface area contributed by atoms with Crippen LogP contribution in [0.4, 0.5) is 11.6 Å². The number of benzene rings is 2. The number of amides is 1. The Morgan fingerprint density at radius 1 is 1.17 bits per heavy atom. The lowest BCUT2D eigenvalue weighted by Gasteiger charge is -2.27. The van der Waals surface area contributed by atoms with E-state index >= 15 is 0 Å². The van der Waals surface area contributed by atoms with Gasteiger partial charge in [0.15, 0.2) is 0 Å². The van der Waals surface area contributed by atoms with E-state index in [0.717, 1.165) is 38.7 Å². The molecule has 3 heterocycles. The Morgan fingerprint density at radius 2 is 1.97 bits per heavy atom. The molecular weight excluding hydrogens is 498 g/mol. The van der Waals surface area contributed by atoms with Gasteiger partial charge in [0.05, 0.1) is 5.57 Å². The summed E-state index contributed by atoms with van der Waals surface area (Å²) in [6.07, 6.45) is 0. The summed E-state index contributed by atoms with van der Waals surface area (Å²) < 4.78 is 1.82. The predicted molar refractivity (Wildman–Crippen MR) is 144 cm³/mol. The Balaban J connectivity index is 1.44. The number of thioether (sulfide) groups is 1. The van der Waals surface area contributed by atoms with Crippen molar-refractivity contribution < 1.29 is 4.79 Å². The number of carbonyl (C=O) groups is 1. The fraction of sp³-hybridized carbons (Fsp3) is 0.192. The first-order chi connectivity index (χ1) is 16.9. The van der Waals surface area contributed by atoms with Gasteiger partial charge in [-0.2, -0.15) is 4.98 Å². The number of aromatic nitrogens is 3. The predicted octanol–water partition coefficient (Wildman–Crippen LogP) is 6.83. The number of nitrogens with one attached hydrogen (secondary N) is 2. The quantitative estimate of drug-likeness (QED) is 0.272. The van der Waals surface area contributed by atoms with Crippen molar-refractivity contribution >= 4 is 52.2 Å². The van der Waals surface area contributed by atoms with Gasteiger partial charge in [-0.05, 0) is 61.5 Å². The third-order valence-electron chi connectivity index (χ3n) is 5.80. The monoisotopic (exact) mass is 521 g/mol. The topological polar surface area (TPSA) is 71.8 Å². The Bertz CT molecular complexity index is 1410. The number of halogens is 1. The van der Waals surface area contributed by atoms with Gasteiger partial charge in [-0.3, -0.25) is 4.79 Å². The summed E-state index contributed by atoms with van der Waals surface area (Å²) in [4.78, 5) is 19.3. The Morgan fingerprint density at radius 3 is 2.69 bits per heavy atom. The van der Waals surface area contributed by atoms with Crippen LogP contribution in [-0.2, 0) is 10.5 Å². The molecule has 4 aromatic rings. The summed E-state index contributed by atoms with van der Waals surface area (Å²) >= 11 is 9.15. The number of rotatable bonds is 6. The molecule has 1 unspecified atom stereocenters. The van der Waals surface area contributed by atoms with E-state index < -0.39 is 0 Å². The van der Waals surface area contributed by atoms with E-state index in [9.17, 15) is 4.79 Å². The van der Waals surface area contributed by atoms with Gasteiger partial charge in [-0.1, -0.05) is 59.3 Å². The molecular formula is C26H24ClN5OS2. The zero-order chi connectivity index (χ0) is 24.5. The van der Waals surface area contributed by atoms with Crippen LogP contribution in [0.25, 0.3) is 0 Å². The van der Waals surface area contributed by atoms with E-state index in [1.807, 2.05) is 79.4 Å². The molecule has 2 aromatic carbocycles. The minimum atomic E-state index is -0.366. The summed E-state index contributed by atoms with van der Waals surface area (Å²) in [6.45, 7) is 5.95. The van der Waals surface area contributed by atoms with Crippen LogP contribution in [0.2, 0.25) is 5.02 Å². The molecule has 0 fully saturated rings. The van der Waals surface area contributed by atoms with Crippen LogP contribution in [0, 0.1) is 13.8 Å². The second-order valence-electron chi connectivity index (χ2n) is 8.43. The fourth-order valence-electron chi connectivity index (χ4n) is 4.07. The van der Waals surface area contributed by atoms with Crippen LogP contribution in [0.5, 0.6) is 0 Å². The number of hydrogen-bond donors (Lipinski definition) is 2. The lowest BCUT2D eigenvalue weighted by molar-refractivity contribution is -0.113. The summed E-state index contributed by atoms with van der Waals surface area (Å²) in [5.41, 5.74) is 5.50. The third kappa shape index (κ3) is 5.00. The van der Waals surface area contributed by atoms with Gasteiger partial charge in [0.25, 0.3) is 5.91 Å². The van der Waals surface area contributed by atoms with Crippen molar-refractivity contribution in [1.29, 1.82) is 0 Å². The van der Waals surface area contributed by atoms with E-state index in [-0.39, 0.29) is 11.9 Å². The number of anilines is 2. The molecule has 0 saturated heterocycles. The summed E-state index contributed by atoms with van der Waals surface area (Å²) in [7, 11) is 0. The average molecular weight is 522 g/mol. The van der Waals surface area contributed by atoms with Gasteiger partial charge in [-0.25, -0.2) is 4.68 Å². The minimum absolute atomic E-state index is 0.156. The van der Waals surface area contributed by atoms with Crippen molar-refractivity contribution in [2.45, 2.75) is 37.7 Å². The van der Waals surface area contributed by atoms with Crippen molar-refractivity contribution in [2.24, 2.45) is 0 Å². The normalized spacial score (nSPS) is 15.0. The minimum Gasteiger partial charge on any atom is -0.328 e. The highest BCUT2D eigenvalue weighted by Crippen LogP contribution is 2.38. The molecule has 1 aliphatic heterocycles. The van der Waals surface area contributed by atoms with Gasteiger partial charge in [0, 0.05) is 27.0 Å². The van der Waals surface area contributed by atoms with Crippen LogP contribution in [0.3, 0.4) is 0 Å². The molecule has 5 rings (SSSR count). The molecule has 6 nitrogen and oxygen atoms in total. The molecule has 1 amide bonds. The highest BCUT2D eigenvalue weighted by Gasteiger charge is 2.35. The fourth-order valence-corrected chi connectivity index (χ4v) is 5.80. The maximum atomic E-state index is 13.6. The van der Waals surface area contributed by atoms with Gasteiger partial charge in [0.1, 0.15) is 6.04 Å². The molecule has 35 heavy (non-hydrogen) atoms. The van der Waals surface area contributed by atoms with E-state index in [4.69, 9.17) is 21.7 Å². The second-order valence-corrected chi connectivity index (χ2v) is 10.8. The highest BCUT2D eigenvalue weighted by molar-refractivity contribution is 7.98. The average Bonchev–Trinajstić information content (AvgIpc) is 3.49. The molecule has 0 bridgehead atoms. The third-order valence-corrected chi connectivity index (χ3v) is 7.89. The summed E-state index contributed by atoms with van der Waals surface area (Å²) in [5.74, 6) is 1.19. The van der Waals surface area contributed by atoms with Gasteiger partial charge in [-0.15, -0.1) is 16.4 Å². The van der Waals surface area contributed by atoms with Crippen molar-refractivity contribution in [3.8, 4) is 0 Å². The van der Waals surface area contributed by atoms with E-state index in [0.29, 0.717) is 21.7 Å². The first-order valence-corrected chi connectivity index (χ1v) is 13.4. The molecule has 0 saturated carbocycles. The lowest BCUT2D eigenvalue weighted by atomic mass is 10.0. The Kier molecular flexibility index (Phi) is 6.69. The van der Waals surface area contributed by atoms with Crippen molar-refractivity contribution in [3.63, 3.8) is 0 Å². The van der Waals surface area contributed by atoms with Crippen LogP contribution >= 0.6 is 34.7 Å². The van der Waals surface area contributed by atoms with Crippen molar-refractivity contribution in [1.82, 2.24) is 14.8 Å². The van der Waals surface area contributed by atoms with Gasteiger partial charge in [0.2, 0.25) is 11.1 Å². The smallest absolute Gasteiger partial charge is 0.255 e. The first-order valence-electron chi connectivity index (χ1n) is 11.1. The zero-order valence-electron chi connectivity index (χ0n) is 19.5.